The topological polar surface area (TPSA) is 90.9 Å². The highest BCUT2D eigenvalue weighted by Gasteiger charge is 2.15. The molecule has 0 bridgehead atoms. The number of amidine groups is 1. The molecule has 1 aromatic carbocycles. The standard InChI is InChI=1S/C13H21N3O2/c1-10(17)7-8-15-9-12(13(14)16-18)11-5-3-2-4-6-11/h2-6,10,12,15,17-18H,7-9H2,1H3,(H2,14,16). The second kappa shape index (κ2) is 7.68. The van der Waals surface area contributed by atoms with Crippen LogP contribution in [0.25, 0.3) is 0 Å². The van der Waals surface area contributed by atoms with Gasteiger partial charge in [0.15, 0.2) is 0 Å². The number of aliphatic hydroxyl groups is 1. The van der Waals surface area contributed by atoms with Crippen molar-refractivity contribution in [2.24, 2.45) is 10.9 Å². The maximum absolute atomic E-state index is 9.16. The predicted molar refractivity (Wildman–Crippen MR) is 71.8 cm³/mol. The molecule has 1 rings (SSSR count). The maximum Gasteiger partial charge on any atom is 0.147 e. The van der Waals surface area contributed by atoms with Crippen LogP contribution < -0.4 is 11.1 Å². The maximum atomic E-state index is 9.16. The SMILES string of the molecule is CC(O)CCNCC(C(N)=NO)c1ccccc1. The molecule has 0 radical (unpaired) electrons. The Kier molecular flexibility index (Phi) is 6.18. The molecule has 0 aliphatic rings. The molecular formula is C13H21N3O2. The fraction of sp³-hybridized carbons (Fsp3) is 0.462. The van der Waals surface area contributed by atoms with E-state index in [-0.39, 0.29) is 17.9 Å². The van der Waals surface area contributed by atoms with Gasteiger partial charge in [-0.05, 0) is 25.5 Å². The van der Waals surface area contributed by atoms with Crippen LogP contribution in [0.5, 0.6) is 0 Å². The number of nitrogens with zero attached hydrogens (tertiary/aromatic N) is 1. The Morgan fingerprint density at radius 1 is 1.39 bits per heavy atom. The second-order valence-corrected chi connectivity index (χ2v) is 4.33. The van der Waals surface area contributed by atoms with Gasteiger partial charge in [-0.25, -0.2) is 0 Å². The summed E-state index contributed by atoms with van der Waals surface area (Å²) in [5.41, 5.74) is 6.70. The fourth-order valence-electron chi connectivity index (χ4n) is 1.71. The van der Waals surface area contributed by atoms with Gasteiger partial charge in [0.25, 0.3) is 0 Å². The van der Waals surface area contributed by atoms with E-state index in [0.717, 1.165) is 5.56 Å². The summed E-state index contributed by atoms with van der Waals surface area (Å²) in [6.07, 6.45) is 0.356. The lowest BCUT2D eigenvalue weighted by atomic mass is 9.98. The summed E-state index contributed by atoms with van der Waals surface area (Å²) in [4.78, 5) is 0. The van der Waals surface area contributed by atoms with Gasteiger partial charge in [-0.15, -0.1) is 0 Å². The zero-order chi connectivity index (χ0) is 13.4. The van der Waals surface area contributed by atoms with Gasteiger partial charge in [0, 0.05) is 6.54 Å². The minimum atomic E-state index is -0.323. The molecule has 0 amide bonds. The average Bonchev–Trinajstić information content (AvgIpc) is 2.38. The number of aliphatic hydroxyl groups excluding tert-OH is 1. The first-order valence-corrected chi connectivity index (χ1v) is 6.06. The Morgan fingerprint density at radius 2 is 2.06 bits per heavy atom. The van der Waals surface area contributed by atoms with Gasteiger partial charge in [-0.2, -0.15) is 0 Å². The highest BCUT2D eigenvalue weighted by atomic mass is 16.4. The smallest absolute Gasteiger partial charge is 0.147 e. The molecule has 5 heteroatoms. The molecule has 0 aliphatic heterocycles. The molecule has 1 aromatic rings. The van der Waals surface area contributed by atoms with E-state index < -0.39 is 0 Å². The molecule has 2 unspecified atom stereocenters. The van der Waals surface area contributed by atoms with Gasteiger partial charge in [0.05, 0.1) is 12.0 Å². The summed E-state index contributed by atoms with van der Waals surface area (Å²) in [5.74, 6) is 0.0240. The number of nitrogens with one attached hydrogen (secondary N) is 1. The summed E-state index contributed by atoms with van der Waals surface area (Å²) in [5, 5.41) is 24.3. The van der Waals surface area contributed by atoms with Crippen LogP contribution in [-0.4, -0.2) is 35.3 Å². The van der Waals surface area contributed by atoms with Crippen molar-refractivity contribution in [3.05, 3.63) is 35.9 Å². The van der Waals surface area contributed by atoms with E-state index in [0.29, 0.717) is 19.5 Å². The molecule has 0 saturated carbocycles. The van der Waals surface area contributed by atoms with Crippen molar-refractivity contribution in [1.82, 2.24) is 5.32 Å². The molecule has 0 heterocycles. The van der Waals surface area contributed by atoms with E-state index >= 15 is 0 Å². The van der Waals surface area contributed by atoms with Crippen LogP contribution in [0.4, 0.5) is 0 Å². The summed E-state index contributed by atoms with van der Waals surface area (Å²) < 4.78 is 0. The van der Waals surface area contributed by atoms with Crippen LogP contribution in [0, 0.1) is 0 Å². The Bertz CT molecular complexity index is 366. The number of oxime groups is 1. The van der Waals surface area contributed by atoms with Gasteiger partial charge < -0.3 is 21.4 Å². The van der Waals surface area contributed by atoms with Gasteiger partial charge in [0.2, 0.25) is 0 Å². The quantitative estimate of drug-likeness (QED) is 0.190. The largest absolute Gasteiger partial charge is 0.409 e. The van der Waals surface area contributed by atoms with E-state index in [1.807, 2.05) is 30.3 Å². The monoisotopic (exact) mass is 251 g/mol. The molecule has 0 saturated heterocycles. The number of rotatable bonds is 7. The van der Waals surface area contributed by atoms with Crippen LogP contribution in [0.15, 0.2) is 35.5 Å². The summed E-state index contributed by atoms with van der Waals surface area (Å²) in [6.45, 7) is 3.02. The van der Waals surface area contributed by atoms with Crippen LogP contribution >= 0.6 is 0 Å². The molecule has 5 nitrogen and oxygen atoms in total. The third-order valence-corrected chi connectivity index (χ3v) is 2.76. The number of hydrogen-bond acceptors (Lipinski definition) is 4. The molecule has 0 spiro atoms. The molecule has 0 aromatic heterocycles. The lowest BCUT2D eigenvalue weighted by molar-refractivity contribution is 0.184. The van der Waals surface area contributed by atoms with Crippen molar-refractivity contribution in [2.45, 2.75) is 25.4 Å². The highest BCUT2D eigenvalue weighted by Crippen LogP contribution is 2.14. The van der Waals surface area contributed by atoms with Gasteiger partial charge in [0.1, 0.15) is 5.84 Å². The van der Waals surface area contributed by atoms with Crippen molar-refractivity contribution >= 4 is 5.84 Å². The molecule has 0 aliphatic carbocycles. The first-order valence-electron chi connectivity index (χ1n) is 6.06. The van der Waals surface area contributed by atoms with Crippen molar-refractivity contribution in [2.75, 3.05) is 13.1 Å². The summed E-state index contributed by atoms with van der Waals surface area (Å²) >= 11 is 0. The zero-order valence-electron chi connectivity index (χ0n) is 10.6. The number of nitrogens with two attached hydrogens (primary N) is 1. The zero-order valence-corrected chi connectivity index (χ0v) is 10.6. The summed E-state index contributed by atoms with van der Waals surface area (Å²) in [6, 6.07) is 9.65. The van der Waals surface area contributed by atoms with Gasteiger partial charge in [-0.3, -0.25) is 0 Å². The Morgan fingerprint density at radius 3 is 2.61 bits per heavy atom. The first-order chi connectivity index (χ1) is 8.65. The minimum Gasteiger partial charge on any atom is -0.409 e. The van der Waals surface area contributed by atoms with Crippen molar-refractivity contribution < 1.29 is 10.3 Å². The Hall–Kier alpha value is -1.59. The van der Waals surface area contributed by atoms with Gasteiger partial charge >= 0.3 is 0 Å². The molecular weight excluding hydrogens is 230 g/mol. The van der Waals surface area contributed by atoms with E-state index in [2.05, 4.69) is 10.5 Å². The van der Waals surface area contributed by atoms with Crippen LogP contribution in [0.1, 0.15) is 24.8 Å². The molecule has 0 fully saturated rings. The molecule has 100 valence electrons. The minimum absolute atomic E-state index is 0.162. The van der Waals surface area contributed by atoms with Crippen molar-refractivity contribution in [3.63, 3.8) is 0 Å². The number of benzene rings is 1. The summed E-state index contributed by atoms with van der Waals surface area (Å²) in [7, 11) is 0. The molecule has 5 N–H and O–H groups in total. The van der Waals surface area contributed by atoms with E-state index in [1.165, 1.54) is 0 Å². The van der Waals surface area contributed by atoms with Crippen molar-refractivity contribution in [1.29, 1.82) is 0 Å². The molecule has 18 heavy (non-hydrogen) atoms. The Labute approximate surface area is 107 Å². The van der Waals surface area contributed by atoms with E-state index in [1.54, 1.807) is 6.92 Å². The van der Waals surface area contributed by atoms with Crippen LogP contribution in [0.3, 0.4) is 0 Å². The van der Waals surface area contributed by atoms with E-state index in [4.69, 9.17) is 16.0 Å². The fourth-order valence-corrected chi connectivity index (χ4v) is 1.71. The molecule has 2 atom stereocenters. The third-order valence-electron chi connectivity index (χ3n) is 2.76. The average molecular weight is 251 g/mol. The Balaban J connectivity index is 2.58. The van der Waals surface area contributed by atoms with Crippen LogP contribution in [-0.2, 0) is 0 Å². The first kappa shape index (κ1) is 14.5. The van der Waals surface area contributed by atoms with E-state index in [9.17, 15) is 0 Å². The predicted octanol–water partition coefficient (Wildman–Crippen LogP) is 0.877. The third kappa shape index (κ3) is 4.73. The van der Waals surface area contributed by atoms with Crippen molar-refractivity contribution in [3.8, 4) is 0 Å². The normalized spacial score (nSPS) is 15.3. The lowest BCUT2D eigenvalue weighted by Gasteiger charge is -2.17. The van der Waals surface area contributed by atoms with Gasteiger partial charge in [-0.1, -0.05) is 35.5 Å². The second-order valence-electron chi connectivity index (χ2n) is 4.33. The lowest BCUT2D eigenvalue weighted by Crippen LogP contribution is -2.32. The number of hydrogen-bond donors (Lipinski definition) is 4. The highest BCUT2D eigenvalue weighted by molar-refractivity contribution is 5.87. The van der Waals surface area contributed by atoms with Crippen LogP contribution in [0.2, 0.25) is 0 Å².